The highest BCUT2D eigenvalue weighted by atomic mass is 16.4. The molecular formula is C15H18N2O4. The van der Waals surface area contributed by atoms with Gasteiger partial charge in [0.25, 0.3) is 0 Å². The van der Waals surface area contributed by atoms with Crippen LogP contribution in [0.4, 0.5) is 5.69 Å². The fourth-order valence-electron chi connectivity index (χ4n) is 2.34. The number of amides is 2. The quantitative estimate of drug-likeness (QED) is 0.852. The summed E-state index contributed by atoms with van der Waals surface area (Å²) in [6.45, 7) is 3.99. The molecular weight excluding hydrogens is 272 g/mol. The van der Waals surface area contributed by atoms with Gasteiger partial charge in [-0.3, -0.25) is 9.59 Å². The Kier molecular flexibility index (Phi) is 4.26. The molecule has 0 atom stereocenters. The first-order valence-corrected chi connectivity index (χ1v) is 6.84. The van der Waals surface area contributed by atoms with Crippen molar-refractivity contribution in [2.75, 3.05) is 11.4 Å². The number of fused-ring (bicyclic) bond motifs is 1. The topological polar surface area (TPSA) is 86.7 Å². The van der Waals surface area contributed by atoms with E-state index in [9.17, 15) is 14.4 Å². The summed E-state index contributed by atoms with van der Waals surface area (Å²) in [5, 5.41) is 11.8. The summed E-state index contributed by atoms with van der Waals surface area (Å²) in [6, 6.07) is 4.69. The van der Waals surface area contributed by atoms with E-state index in [4.69, 9.17) is 5.11 Å². The van der Waals surface area contributed by atoms with Crippen LogP contribution < -0.4 is 10.2 Å². The Morgan fingerprint density at radius 3 is 2.71 bits per heavy atom. The number of carbonyl (C=O) groups excluding carboxylic acids is 2. The van der Waals surface area contributed by atoms with Crippen molar-refractivity contribution >= 4 is 23.5 Å². The second kappa shape index (κ2) is 5.95. The van der Waals surface area contributed by atoms with Gasteiger partial charge in [0.15, 0.2) is 0 Å². The van der Waals surface area contributed by atoms with E-state index in [2.05, 4.69) is 5.32 Å². The van der Waals surface area contributed by atoms with Crippen molar-refractivity contribution in [2.45, 2.75) is 32.7 Å². The molecule has 0 saturated heterocycles. The number of nitrogens with zero attached hydrogens (tertiary/aromatic N) is 1. The molecule has 1 aromatic carbocycles. The van der Waals surface area contributed by atoms with Gasteiger partial charge in [-0.2, -0.15) is 0 Å². The van der Waals surface area contributed by atoms with Crippen molar-refractivity contribution in [3.8, 4) is 0 Å². The number of benzene rings is 1. The van der Waals surface area contributed by atoms with Crippen LogP contribution in [0.1, 0.15) is 36.2 Å². The van der Waals surface area contributed by atoms with Gasteiger partial charge in [0, 0.05) is 24.7 Å². The molecule has 0 saturated carbocycles. The molecule has 21 heavy (non-hydrogen) atoms. The van der Waals surface area contributed by atoms with E-state index < -0.39 is 5.97 Å². The van der Waals surface area contributed by atoms with E-state index in [0.29, 0.717) is 5.69 Å². The highest BCUT2D eigenvalue weighted by molar-refractivity contribution is 6.03. The molecule has 1 heterocycles. The van der Waals surface area contributed by atoms with Gasteiger partial charge < -0.3 is 15.3 Å². The zero-order chi connectivity index (χ0) is 15.6. The van der Waals surface area contributed by atoms with Crippen LogP contribution in [0.2, 0.25) is 0 Å². The largest absolute Gasteiger partial charge is 0.478 e. The summed E-state index contributed by atoms with van der Waals surface area (Å²) >= 11 is 0. The lowest BCUT2D eigenvalue weighted by molar-refractivity contribution is -0.121. The molecule has 0 aromatic heterocycles. The van der Waals surface area contributed by atoms with Crippen molar-refractivity contribution in [3.05, 3.63) is 29.3 Å². The molecule has 2 N–H and O–H groups in total. The fraction of sp³-hybridized carbons (Fsp3) is 0.400. The molecule has 6 heteroatoms. The molecule has 0 aliphatic carbocycles. The number of carboxylic acid groups (broad SMARTS) is 1. The van der Waals surface area contributed by atoms with Gasteiger partial charge in [0.2, 0.25) is 11.8 Å². The Labute approximate surface area is 122 Å². The van der Waals surface area contributed by atoms with E-state index in [1.165, 1.54) is 17.0 Å². The number of nitrogens with one attached hydrogen (secondary N) is 1. The van der Waals surface area contributed by atoms with Crippen molar-refractivity contribution in [1.82, 2.24) is 5.32 Å². The second-order valence-electron chi connectivity index (χ2n) is 5.34. The fourth-order valence-corrected chi connectivity index (χ4v) is 2.34. The minimum Gasteiger partial charge on any atom is -0.478 e. The van der Waals surface area contributed by atoms with Crippen molar-refractivity contribution in [1.29, 1.82) is 0 Å². The van der Waals surface area contributed by atoms with Crippen LogP contribution in [0.3, 0.4) is 0 Å². The predicted octanol–water partition coefficient (Wildman–Crippen LogP) is 1.19. The number of carbonyl (C=O) groups is 3. The van der Waals surface area contributed by atoms with Crippen LogP contribution in [0.25, 0.3) is 0 Å². The molecule has 112 valence electrons. The van der Waals surface area contributed by atoms with Crippen LogP contribution in [-0.2, 0) is 16.0 Å². The lowest BCUT2D eigenvalue weighted by Gasteiger charge is -2.18. The van der Waals surface area contributed by atoms with Crippen molar-refractivity contribution in [2.24, 2.45) is 0 Å². The maximum Gasteiger partial charge on any atom is 0.335 e. The third kappa shape index (κ3) is 3.39. The van der Waals surface area contributed by atoms with Crippen molar-refractivity contribution in [3.63, 3.8) is 0 Å². The molecule has 6 nitrogen and oxygen atoms in total. The molecule has 2 rings (SSSR count). The van der Waals surface area contributed by atoms with E-state index in [0.717, 1.165) is 5.56 Å². The third-order valence-electron chi connectivity index (χ3n) is 3.28. The predicted molar refractivity (Wildman–Crippen MR) is 77.4 cm³/mol. The summed E-state index contributed by atoms with van der Waals surface area (Å²) in [5.41, 5.74) is 1.53. The number of hydrogen-bond acceptors (Lipinski definition) is 3. The summed E-state index contributed by atoms with van der Waals surface area (Å²) in [4.78, 5) is 36.2. The van der Waals surface area contributed by atoms with Gasteiger partial charge in [0.05, 0.1) is 12.0 Å². The number of hydrogen-bond donors (Lipinski definition) is 2. The van der Waals surface area contributed by atoms with Crippen LogP contribution >= 0.6 is 0 Å². The molecule has 0 bridgehead atoms. The van der Waals surface area contributed by atoms with Crippen LogP contribution in [0.5, 0.6) is 0 Å². The number of anilines is 1. The van der Waals surface area contributed by atoms with Gasteiger partial charge in [-0.25, -0.2) is 4.79 Å². The average molecular weight is 290 g/mol. The smallest absolute Gasteiger partial charge is 0.335 e. The molecule has 0 radical (unpaired) electrons. The Hall–Kier alpha value is -2.37. The van der Waals surface area contributed by atoms with Gasteiger partial charge in [-0.15, -0.1) is 0 Å². The monoisotopic (exact) mass is 290 g/mol. The van der Waals surface area contributed by atoms with Crippen LogP contribution in [-0.4, -0.2) is 35.5 Å². The maximum absolute atomic E-state index is 12.0. The number of carboxylic acids is 1. The molecule has 1 aliphatic heterocycles. The van der Waals surface area contributed by atoms with Gasteiger partial charge >= 0.3 is 5.97 Å². The van der Waals surface area contributed by atoms with Crippen LogP contribution in [0.15, 0.2) is 18.2 Å². The average Bonchev–Trinajstić information content (AvgIpc) is 2.70. The van der Waals surface area contributed by atoms with E-state index >= 15 is 0 Å². The minimum atomic E-state index is -1.03. The molecule has 0 fully saturated rings. The Morgan fingerprint density at radius 2 is 2.10 bits per heavy atom. The molecule has 0 spiro atoms. The molecule has 1 aliphatic rings. The third-order valence-corrected chi connectivity index (χ3v) is 3.28. The van der Waals surface area contributed by atoms with E-state index in [1.807, 2.05) is 13.8 Å². The van der Waals surface area contributed by atoms with Gasteiger partial charge in [0.1, 0.15) is 0 Å². The SMILES string of the molecule is CC(C)NC(=O)CCN1C(=O)Cc2ccc(C(=O)O)cc21. The zero-order valence-electron chi connectivity index (χ0n) is 12.0. The normalized spacial score (nSPS) is 13.5. The molecule has 0 unspecified atom stereocenters. The Morgan fingerprint density at radius 1 is 1.38 bits per heavy atom. The maximum atomic E-state index is 12.0. The molecule has 2 amide bonds. The number of aromatic carboxylic acids is 1. The van der Waals surface area contributed by atoms with Gasteiger partial charge in [-0.1, -0.05) is 6.07 Å². The Balaban J connectivity index is 2.12. The summed E-state index contributed by atoms with van der Waals surface area (Å²) in [5.74, 6) is -1.26. The van der Waals surface area contributed by atoms with E-state index in [-0.39, 0.29) is 42.8 Å². The minimum absolute atomic E-state index is 0.0534. The molecule has 1 aromatic rings. The van der Waals surface area contributed by atoms with Gasteiger partial charge in [-0.05, 0) is 31.5 Å². The standard InChI is InChI=1S/C15H18N2O4/c1-9(2)16-13(18)5-6-17-12-7-11(15(20)21)4-3-10(12)8-14(17)19/h3-4,7,9H,5-6,8H2,1-2H3,(H,16,18)(H,20,21). The first-order valence-electron chi connectivity index (χ1n) is 6.84. The lowest BCUT2D eigenvalue weighted by atomic mass is 10.1. The first kappa shape index (κ1) is 15.0. The highest BCUT2D eigenvalue weighted by Crippen LogP contribution is 2.30. The zero-order valence-corrected chi connectivity index (χ0v) is 12.0. The highest BCUT2D eigenvalue weighted by Gasteiger charge is 2.28. The first-order chi connectivity index (χ1) is 9.88. The summed E-state index contributed by atoms with van der Waals surface area (Å²) in [7, 11) is 0. The summed E-state index contributed by atoms with van der Waals surface area (Å²) in [6.07, 6.45) is 0.446. The van der Waals surface area contributed by atoms with Crippen molar-refractivity contribution < 1.29 is 19.5 Å². The van der Waals surface area contributed by atoms with Crippen LogP contribution in [0, 0.1) is 0 Å². The second-order valence-corrected chi connectivity index (χ2v) is 5.34. The van der Waals surface area contributed by atoms with E-state index in [1.54, 1.807) is 6.07 Å². The summed E-state index contributed by atoms with van der Waals surface area (Å²) < 4.78 is 0. The Bertz CT molecular complexity index is 595. The lowest BCUT2D eigenvalue weighted by Crippen LogP contribution is -2.35. The number of rotatable bonds is 5.